The lowest BCUT2D eigenvalue weighted by Gasteiger charge is -2.40. The number of hydrogen-bond acceptors (Lipinski definition) is 15. The number of nitriles is 1. The number of rotatable bonds is 11. The van der Waals surface area contributed by atoms with E-state index in [1.807, 2.05) is 0 Å². The van der Waals surface area contributed by atoms with E-state index >= 15 is 4.39 Å². The SMILES string of the molecule is CC1SC2C(C(c3ccc(NCC4(F)CCN(C5=NCC(C(O)NC6CCC(Oc7ccc(C#N)c(Cl)c7)CC6)CN5)CC4)cc3)=NC(CC3NCCO3)C3NNC(C)N32)C1C. The second-order valence-electron chi connectivity index (χ2n) is 18.4. The summed E-state index contributed by atoms with van der Waals surface area (Å²) in [5, 5.41) is 35.2. The number of benzene rings is 2. The van der Waals surface area contributed by atoms with Crippen molar-refractivity contribution in [3.8, 4) is 11.8 Å². The highest BCUT2D eigenvalue weighted by Gasteiger charge is 2.53. The molecule has 5 fully saturated rings. The summed E-state index contributed by atoms with van der Waals surface area (Å²) in [6.07, 6.45) is 4.75. The molecule has 0 radical (unpaired) electrons. The number of fused-ring (bicyclic) bond motifs is 3. The molecule has 17 heteroatoms. The third-order valence-corrected chi connectivity index (χ3v) is 16.3. The maximum absolute atomic E-state index is 16.3. The largest absolute Gasteiger partial charge is 0.490 e. The molecule has 1 saturated carbocycles. The van der Waals surface area contributed by atoms with Gasteiger partial charge in [0.25, 0.3) is 0 Å². The smallest absolute Gasteiger partial charge is 0.193 e. The standard InChI is InChI=1S/C45H63ClFN11O3S/c1-26-27(2)62-43-39(26)40(54-37(21-38-49-16-19-60-38)41-56-55-28(3)58(41)43)29-4-7-32(8-5-29)52-25-45(47)14-17-57(18-15-45)44-50-23-31(24-51-44)42(59)53-33-9-12-34(13-10-33)61-35-11-6-30(22-48)36(46)20-35/h4-8,11,20,26-28,31,33-34,37-39,41-43,49,52-53,55-56,59H,9-10,12-19,21,23-25H2,1-3H3,(H,50,51). The van der Waals surface area contributed by atoms with Crippen LogP contribution in [0.3, 0.4) is 0 Å². The van der Waals surface area contributed by atoms with Crippen LogP contribution in [0.4, 0.5) is 10.1 Å². The van der Waals surface area contributed by atoms with Crippen molar-refractivity contribution in [3.63, 3.8) is 0 Å². The first kappa shape index (κ1) is 44.0. The van der Waals surface area contributed by atoms with Crippen molar-refractivity contribution in [1.82, 2.24) is 36.6 Å². The fraction of sp³-hybridized carbons (Fsp3) is 0.667. The lowest BCUT2D eigenvalue weighted by Crippen LogP contribution is -2.56. The van der Waals surface area contributed by atoms with Gasteiger partial charge in [0, 0.05) is 92.6 Å². The van der Waals surface area contributed by atoms with Crippen LogP contribution in [0, 0.1) is 29.1 Å². The van der Waals surface area contributed by atoms with Gasteiger partial charge >= 0.3 is 0 Å². The van der Waals surface area contributed by atoms with Crippen LogP contribution in [0.2, 0.25) is 5.02 Å². The third kappa shape index (κ3) is 9.58. The van der Waals surface area contributed by atoms with E-state index in [0.717, 1.165) is 62.5 Å². The molecule has 10 atom stereocenters. The van der Waals surface area contributed by atoms with E-state index in [9.17, 15) is 5.11 Å². The molecular formula is C45H63ClFN11O3S. The number of alkyl halides is 1. The van der Waals surface area contributed by atoms with Crippen LogP contribution in [0.25, 0.3) is 0 Å². The van der Waals surface area contributed by atoms with Crippen molar-refractivity contribution in [2.75, 3.05) is 51.2 Å². The second-order valence-corrected chi connectivity index (χ2v) is 20.3. The zero-order valence-electron chi connectivity index (χ0n) is 36.0. The summed E-state index contributed by atoms with van der Waals surface area (Å²) in [6.45, 7) is 11.1. The Morgan fingerprint density at radius 1 is 1.11 bits per heavy atom. The van der Waals surface area contributed by atoms with E-state index < -0.39 is 11.9 Å². The monoisotopic (exact) mass is 891 g/mol. The van der Waals surface area contributed by atoms with Gasteiger partial charge in [-0.25, -0.2) is 15.2 Å². The number of likely N-dealkylation sites (tertiary alicyclic amines) is 1. The second kappa shape index (κ2) is 19.1. The van der Waals surface area contributed by atoms with Crippen LogP contribution in [0.15, 0.2) is 52.4 Å². The van der Waals surface area contributed by atoms with Gasteiger partial charge in [0.1, 0.15) is 29.9 Å². The molecular weight excluding hydrogens is 829 g/mol. The van der Waals surface area contributed by atoms with Crippen LogP contribution in [0.1, 0.15) is 76.8 Å². The van der Waals surface area contributed by atoms with Gasteiger partial charge in [-0.2, -0.15) is 5.26 Å². The molecule has 7 aliphatic rings. The first-order valence-electron chi connectivity index (χ1n) is 22.8. The maximum Gasteiger partial charge on any atom is 0.193 e. The van der Waals surface area contributed by atoms with E-state index in [1.165, 1.54) is 5.71 Å². The fourth-order valence-corrected chi connectivity index (χ4v) is 12.5. The molecule has 2 aromatic rings. The number of nitrogens with one attached hydrogen (secondary N) is 6. The van der Waals surface area contributed by atoms with E-state index in [4.69, 9.17) is 36.3 Å². The number of aliphatic imine (C=N–C) groups is 2. The van der Waals surface area contributed by atoms with E-state index in [0.29, 0.717) is 71.9 Å². The van der Waals surface area contributed by atoms with Gasteiger partial charge in [-0.3, -0.25) is 25.5 Å². The van der Waals surface area contributed by atoms with Crippen molar-refractivity contribution < 1.29 is 19.0 Å². The minimum atomic E-state index is -1.33. The van der Waals surface area contributed by atoms with Gasteiger partial charge in [0.15, 0.2) is 5.96 Å². The molecule has 62 heavy (non-hydrogen) atoms. The summed E-state index contributed by atoms with van der Waals surface area (Å²) in [4.78, 5) is 15.1. The number of guanidine groups is 1. The number of hydrazine groups is 1. The number of aliphatic hydroxyl groups excluding tert-OH is 1. The molecule has 336 valence electrons. The summed E-state index contributed by atoms with van der Waals surface area (Å²) in [5.41, 5.74) is 9.40. The molecule has 0 amide bonds. The van der Waals surface area contributed by atoms with Gasteiger partial charge in [0.2, 0.25) is 0 Å². The fourth-order valence-electron chi connectivity index (χ4n) is 10.4. The maximum atomic E-state index is 16.3. The third-order valence-electron chi connectivity index (χ3n) is 14.3. The molecule has 4 saturated heterocycles. The molecule has 7 N–H and O–H groups in total. The molecule has 1 aliphatic carbocycles. The predicted octanol–water partition coefficient (Wildman–Crippen LogP) is 4.60. The Balaban J connectivity index is 0.745. The first-order chi connectivity index (χ1) is 30.0. The summed E-state index contributed by atoms with van der Waals surface area (Å²) in [6, 6.07) is 16.0. The van der Waals surface area contributed by atoms with Gasteiger partial charge in [-0.05, 0) is 68.4 Å². The molecule has 6 heterocycles. The van der Waals surface area contributed by atoms with Crippen LogP contribution in [0.5, 0.6) is 5.75 Å². The molecule has 0 spiro atoms. The zero-order valence-corrected chi connectivity index (χ0v) is 37.6. The minimum absolute atomic E-state index is 0.00672. The number of ether oxygens (including phenoxy) is 2. The Labute approximate surface area is 374 Å². The zero-order chi connectivity index (χ0) is 43.0. The number of aliphatic hydroxyl groups is 1. The van der Waals surface area contributed by atoms with Gasteiger partial charge in [0.05, 0.1) is 53.6 Å². The average molecular weight is 893 g/mol. The Bertz CT molecular complexity index is 1970. The Morgan fingerprint density at radius 2 is 1.90 bits per heavy atom. The summed E-state index contributed by atoms with van der Waals surface area (Å²) >= 11 is 8.24. The highest BCUT2D eigenvalue weighted by Crippen LogP contribution is 2.49. The quantitative estimate of drug-likeness (QED) is 0.157. The van der Waals surface area contributed by atoms with Crippen LogP contribution >= 0.6 is 23.4 Å². The number of hydrogen-bond donors (Lipinski definition) is 7. The minimum Gasteiger partial charge on any atom is -0.490 e. The van der Waals surface area contributed by atoms with Crippen LogP contribution < -0.4 is 36.9 Å². The molecule has 6 aliphatic heterocycles. The van der Waals surface area contributed by atoms with E-state index in [1.54, 1.807) is 18.2 Å². The van der Waals surface area contributed by atoms with Gasteiger partial charge in [-0.1, -0.05) is 37.6 Å². The van der Waals surface area contributed by atoms with Crippen molar-refractivity contribution in [2.45, 2.75) is 125 Å². The number of piperidine rings is 1. The van der Waals surface area contributed by atoms with E-state index in [-0.39, 0.29) is 55.1 Å². The molecule has 2 aromatic carbocycles. The Kier molecular flexibility index (Phi) is 13.5. The van der Waals surface area contributed by atoms with Crippen molar-refractivity contribution in [3.05, 3.63) is 58.6 Å². The summed E-state index contributed by atoms with van der Waals surface area (Å²) < 4.78 is 28.4. The molecule has 0 bridgehead atoms. The average Bonchev–Trinajstić information content (AvgIpc) is 3.99. The Morgan fingerprint density at radius 3 is 2.60 bits per heavy atom. The van der Waals surface area contributed by atoms with Crippen molar-refractivity contribution in [1.29, 1.82) is 5.26 Å². The molecule has 9 rings (SSSR count). The lowest BCUT2D eigenvalue weighted by molar-refractivity contribution is 0.0482. The Hall–Kier alpha value is -3.24. The highest BCUT2D eigenvalue weighted by molar-refractivity contribution is 8.00. The molecule has 0 aromatic heterocycles. The highest BCUT2D eigenvalue weighted by atomic mass is 35.5. The summed E-state index contributed by atoms with van der Waals surface area (Å²) in [5.74, 6) is 2.14. The van der Waals surface area contributed by atoms with Gasteiger partial charge in [-0.15, -0.1) is 11.8 Å². The number of anilines is 1. The van der Waals surface area contributed by atoms with Crippen LogP contribution in [-0.2, 0) is 4.74 Å². The van der Waals surface area contributed by atoms with Crippen LogP contribution in [-0.4, -0.2) is 132 Å². The number of halogens is 2. The van der Waals surface area contributed by atoms with Gasteiger partial charge < -0.3 is 30.1 Å². The normalized spacial score (nSPS) is 35.1. The first-order valence-corrected chi connectivity index (χ1v) is 24.1. The molecule has 10 unspecified atom stereocenters. The topological polar surface area (TPSA) is 166 Å². The predicted molar refractivity (Wildman–Crippen MR) is 243 cm³/mol. The van der Waals surface area contributed by atoms with Crippen molar-refractivity contribution in [2.24, 2.45) is 27.7 Å². The molecule has 14 nitrogen and oxygen atoms in total. The number of thioether (sulfide) groups is 1. The summed E-state index contributed by atoms with van der Waals surface area (Å²) in [7, 11) is 0. The van der Waals surface area contributed by atoms with Crippen molar-refractivity contribution >= 4 is 40.7 Å². The van der Waals surface area contributed by atoms with E-state index in [2.05, 4.69) is 105 Å². The number of nitrogens with zero attached hydrogens (tertiary/aromatic N) is 5. The lowest BCUT2D eigenvalue weighted by atomic mass is 9.84.